The fraction of sp³-hybridized carbons (Fsp3) is 1.00. The van der Waals surface area contributed by atoms with E-state index in [1.807, 2.05) is 0 Å². The molecule has 0 heterocycles. The summed E-state index contributed by atoms with van der Waals surface area (Å²) in [5, 5.41) is 18.1. The van der Waals surface area contributed by atoms with Crippen molar-refractivity contribution in [3.05, 3.63) is 0 Å². The fourth-order valence-electron chi connectivity index (χ4n) is 2.12. The molecule has 0 radical (unpaired) electrons. The number of alkyl halides is 6. The van der Waals surface area contributed by atoms with Crippen LogP contribution >= 0.6 is 0 Å². The van der Waals surface area contributed by atoms with E-state index in [0.717, 1.165) is 0 Å². The third-order valence-electron chi connectivity index (χ3n) is 3.15. The Bertz CT molecular complexity index is 250. The molecule has 0 aromatic carbocycles. The van der Waals surface area contributed by atoms with Gasteiger partial charge in [-0.05, 0) is 25.7 Å². The highest BCUT2D eigenvalue weighted by Gasteiger charge is 2.73. The number of halogens is 6. The first-order chi connectivity index (χ1) is 7.50. The molecule has 0 unspecified atom stereocenters. The van der Waals surface area contributed by atoms with Crippen LogP contribution in [0.25, 0.3) is 0 Å². The average Bonchev–Trinajstić information content (AvgIpc) is 2.14. The molecule has 0 aromatic rings. The van der Waals surface area contributed by atoms with Crippen LogP contribution in [-0.4, -0.2) is 34.3 Å². The Balaban J connectivity index is 3.00. The Hall–Kier alpha value is -0.500. The first kappa shape index (κ1) is 14.6. The first-order valence-corrected chi connectivity index (χ1v) is 5.04. The van der Waals surface area contributed by atoms with Crippen LogP contribution in [0, 0.1) is 5.92 Å². The number of aliphatic hydroxyl groups excluding tert-OH is 1. The minimum Gasteiger partial charge on any atom is -0.393 e. The Morgan fingerprint density at radius 2 is 1.12 bits per heavy atom. The molecular weight excluding hydrogens is 254 g/mol. The SMILES string of the molecule is OC1CCC(C(O)(C(F)(F)F)C(F)(F)F)CC1. The molecule has 0 saturated heterocycles. The highest BCUT2D eigenvalue weighted by molar-refractivity contribution is 5.00. The molecule has 1 saturated carbocycles. The predicted octanol–water partition coefficient (Wildman–Crippen LogP) is 2.39. The van der Waals surface area contributed by atoms with E-state index in [2.05, 4.69) is 0 Å². The summed E-state index contributed by atoms with van der Waals surface area (Å²) in [6, 6.07) is 0. The average molecular weight is 266 g/mol. The van der Waals surface area contributed by atoms with Gasteiger partial charge in [-0.25, -0.2) is 0 Å². The zero-order valence-electron chi connectivity index (χ0n) is 8.65. The van der Waals surface area contributed by atoms with Gasteiger partial charge in [0.1, 0.15) is 0 Å². The fourth-order valence-corrected chi connectivity index (χ4v) is 2.12. The molecule has 2 nitrogen and oxygen atoms in total. The molecule has 1 rings (SSSR count). The van der Waals surface area contributed by atoms with Crippen molar-refractivity contribution in [3.63, 3.8) is 0 Å². The molecule has 1 fully saturated rings. The Labute approximate surface area is 93.2 Å². The molecule has 8 heteroatoms. The summed E-state index contributed by atoms with van der Waals surface area (Å²) in [6.45, 7) is 0. The van der Waals surface area contributed by atoms with Crippen LogP contribution < -0.4 is 0 Å². The second kappa shape index (κ2) is 4.31. The standard InChI is InChI=1S/C9H12F6O2/c10-8(11,12)7(17,9(13,14)15)5-1-3-6(16)4-2-5/h5-6,16-17H,1-4H2. The van der Waals surface area contributed by atoms with Gasteiger partial charge in [0.05, 0.1) is 6.10 Å². The van der Waals surface area contributed by atoms with Crippen molar-refractivity contribution in [3.8, 4) is 0 Å². The lowest BCUT2D eigenvalue weighted by molar-refractivity contribution is -0.387. The van der Waals surface area contributed by atoms with Crippen LogP contribution in [0.4, 0.5) is 26.3 Å². The van der Waals surface area contributed by atoms with E-state index in [1.165, 1.54) is 0 Å². The highest BCUT2D eigenvalue weighted by atomic mass is 19.4. The largest absolute Gasteiger partial charge is 0.426 e. The smallest absolute Gasteiger partial charge is 0.393 e. The van der Waals surface area contributed by atoms with Crippen molar-refractivity contribution in [2.24, 2.45) is 5.92 Å². The van der Waals surface area contributed by atoms with Gasteiger partial charge in [0.2, 0.25) is 0 Å². The van der Waals surface area contributed by atoms with Gasteiger partial charge in [-0.2, -0.15) is 26.3 Å². The molecule has 1 aliphatic rings. The maximum atomic E-state index is 12.4. The summed E-state index contributed by atoms with van der Waals surface area (Å²) in [5.41, 5.74) is -4.68. The van der Waals surface area contributed by atoms with E-state index in [1.54, 1.807) is 0 Å². The van der Waals surface area contributed by atoms with E-state index in [4.69, 9.17) is 10.2 Å². The Morgan fingerprint density at radius 3 is 1.41 bits per heavy atom. The maximum Gasteiger partial charge on any atom is 0.426 e. The Morgan fingerprint density at radius 1 is 0.765 bits per heavy atom. The zero-order valence-corrected chi connectivity index (χ0v) is 8.65. The van der Waals surface area contributed by atoms with Crippen LogP contribution in [-0.2, 0) is 0 Å². The van der Waals surface area contributed by atoms with Crippen LogP contribution in [0.2, 0.25) is 0 Å². The van der Waals surface area contributed by atoms with Gasteiger partial charge in [0, 0.05) is 5.92 Å². The molecule has 0 spiro atoms. The van der Waals surface area contributed by atoms with Crippen LogP contribution in [0.3, 0.4) is 0 Å². The van der Waals surface area contributed by atoms with Gasteiger partial charge in [0.15, 0.2) is 0 Å². The van der Waals surface area contributed by atoms with Gasteiger partial charge < -0.3 is 10.2 Å². The van der Waals surface area contributed by atoms with E-state index in [0.29, 0.717) is 0 Å². The minimum atomic E-state index is -5.77. The number of hydrogen-bond acceptors (Lipinski definition) is 2. The molecule has 0 amide bonds. The van der Waals surface area contributed by atoms with E-state index in [-0.39, 0.29) is 12.8 Å². The third-order valence-corrected chi connectivity index (χ3v) is 3.15. The minimum absolute atomic E-state index is 0.168. The molecule has 0 bridgehead atoms. The summed E-state index contributed by atoms with van der Waals surface area (Å²) in [6.07, 6.45) is -13.8. The van der Waals surface area contributed by atoms with Gasteiger partial charge >= 0.3 is 12.4 Å². The van der Waals surface area contributed by atoms with Crippen LogP contribution in [0.5, 0.6) is 0 Å². The number of aliphatic hydroxyl groups is 2. The van der Waals surface area contributed by atoms with Crippen LogP contribution in [0.1, 0.15) is 25.7 Å². The molecule has 102 valence electrons. The second-order valence-corrected chi connectivity index (χ2v) is 4.27. The van der Waals surface area contributed by atoms with Crippen molar-refractivity contribution < 1.29 is 36.6 Å². The lowest BCUT2D eigenvalue weighted by atomic mass is 9.75. The number of rotatable bonds is 1. The summed E-state index contributed by atoms with van der Waals surface area (Å²) >= 11 is 0. The molecule has 2 N–H and O–H groups in total. The predicted molar refractivity (Wildman–Crippen MR) is 45.0 cm³/mol. The van der Waals surface area contributed by atoms with Crippen molar-refractivity contribution in [1.82, 2.24) is 0 Å². The van der Waals surface area contributed by atoms with E-state index >= 15 is 0 Å². The number of hydrogen-bond donors (Lipinski definition) is 2. The molecule has 0 aliphatic heterocycles. The van der Waals surface area contributed by atoms with E-state index in [9.17, 15) is 26.3 Å². The summed E-state index contributed by atoms with van der Waals surface area (Å²) in [5.74, 6) is -1.95. The Kier molecular flexibility index (Phi) is 3.69. The second-order valence-electron chi connectivity index (χ2n) is 4.27. The molecular formula is C9H12F6O2. The first-order valence-electron chi connectivity index (χ1n) is 5.04. The lowest BCUT2D eigenvalue weighted by Crippen LogP contribution is -2.62. The van der Waals surface area contributed by atoms with Gasteiger partial charge in [-0.3, -0.25) is 0 Å². The normalized spacial score (nSPS) is 28.2. The van der Waals surface area contributed by atoms with Crippen LogP contribution in [0.15, 0.2) is 0 Å². The van der Waals surface area contributed by atoms with Gasteiger partial charge in [-0.15, -0.1) is 0 Å². The lowest BCUT2D eigenvalue weighted by Gasteiger charge is -2.41. The van der Waals surface area contributed by atoms with Crippen molar-refractivity contribution in [2.45, 2.75) is 49.7 Å². The van der Waals surface area contributed by atoms with Crippen molar-refractivity contribution in [1.29, 1.82) is 0 Å². The summed E-state index contributed by atoms with van der Waals surface area (Å²) in [4.78, 5) is 0. The summed E-state index contributed by atoms with van der Waals surface area (Å²) < 4.78 is 74.7. The van der Waals surface area contributed by atoms with Crippen molar-refractivity contribution in [2.75, 3.05) is 0 Å². The maximum absolute atomic E-state index is 12.4. The molecule has 1 aliphatic carbocycles. The zero-order chi connectivity index (χ0) is 13.5. The van der Waals surface area contributed by atoms with Gasteiger partial charge in [-0.1, -0.05) is 0 Å². The quantitative estimate of drug-likeness (QED) is 0.715. The topological polar surface area (TPSA) is 40.5 Å². The third kappa shape index (κ3) is 2.52. The van der Waals surface area contributed by atoms with E-state index < -0.39 is 42.8 Å². The summed E-state index contributed by atoms with van der Waals surface area (Å²) in [7, 11) is 0. The van der Waals surface area contributed by atoms with Gasteiger partial charge in [0.25, 0.3) is 5.60 Å². The molecule has 17 heavy (non-hydrogen) atoms. The molecule has 0 aromatic heterocycles. The van der Waals surface area contributed by atoms with Crippen molar-refractivity contribution >= 4 is 0 Å². The molecule has 0 atom stereocenters. The highest BCUT2D eigenvalue weighted by Crippen LogP contribution is 2.51. The monoisotopic (exact) mass is 266 g/mol.